The fourth-order valence-corrected chi connectivity index (χ4v) is 3.47. The molecule has 0 N–H and O–H groups in total. The minimum Gasteiger partial charge on any atom is -0.306 e. The smallest absolute Gasteiger partial charge is 0.0376 e. The summed E-state index contributed by atoms with van der Waals surface area (Å²) in [5, 5.41) is 0. The molecule has 3 unspecified atom stereocenters. The highest BCUT2D eigenvalue weighted by atomic mass is 15.3. The highest BCUT2D eigenvalue weighted by molar-refractivity contribution is 4.94. The standard InChI is InChI=1S/C14H30N4/c1-15(2)12-6-7-17(4)13(10-12)14-11-16(3)8-9-18(14)5/h12-14H,6-11H2,1-5H3. The van der Waals surface area contributed by atoms with Gasteiger partial charge in [-0.2, -0.15) is 0 Å². The van der Waals surface area contributed by atoms with Crippen LogP contribution in [0.25, 0.3) is 0 Å². The van der Waals surface area contributed by atoms with Crippen molar-refractivity contribution in [2.24, 2.45) is 0 Å². The summed E-state index contributed by atoms with van der Waals surface area (Å²) in [6.45, 7) is 4.87. The topological polar surface area (TPSA) is 13.0 Å². The summed E-state index contributed by atoms with van der Waals surface area (Å²) in [6, 6.07) is 2.15. The van der Waals surface area contributed by atoms with Crippen molar-refractivity contribution in [2.45, 2.75) is 31.0 Å². The van der Waals surface area contributed by atoms with E-state index in [1.165, 1.54) is 39.0 Å². The van der Waals surface area contributed by atoms with Crippen LogP contribution in [0.5, 0.6) is 0 Å². The minimum absolute atomic E-state index is 0.691. The van der Waals surface area contributed by atoms with E-state index in [1.54, 1.807) is 0 Å². The molecular formula is C14H30N4. The SMILES string of the molecule is CN1CCN(C)C(C2CC(N(C)C)CCN2C)C1. The van der Waals surface area contributed by atoms with Gasteiger partial charge in [-0.3, -0.25) is 4.90 Å². The zero-order valence-corrected chi connectivity index (χ0v) is 12.8. The van der Waals surface area contributed by atoms with Gasteiger partial charge >= 0.3 is 0 Å². The van der Waals surface area contributed by atoms with Crippen LogP contribution in [0.15, 0.2) is 0 Å². The average Bonchev–Trinajstić information content (AvgIpc) is 2.33. The lowest BCUT2D eigenvalue weighted by Crippen LogP contribution is -2.61. The number of hydrogen-bond donors (Lipinski definition) is 0. The molecule has 2 heterocycles. The molecular weight excluding hydrogens is 224 g/mol. The highest BCUT2D eigenvalue weighted by Gasteiger charge is 2.36. The van der Waals surface area contributed by atoms with Crippen LogP contribution in [0.1, 0.15) is 12.8 Å². The van der Waals surface area contributed by atoms with E-state index >= 15 is 0 Å². The van der Waals surface area contributed by atoms with Gasteiger partial charge in [0.05, 0.1) is 0 Å². The molecule has 0 aromatic heterocycles. The van der Waals surface area contributed by atoms with E-state index in [4.69, 9.17) is 0 Å². The van der Waals surface area contributed by atoms with Gasteiger partial charge in [-0.15, -0.1) is 0 Å². The molecule has 0 aromatic rings. The van der Waals surface area contributed by atoms with Crippen molar-refractivity contribution >= 4 is 0 Å². The second-order valence-corrected chi connectivity index (χ2v) is 6.50. The first-order valence-electron chi connectivity index (χ1n) is 7.24. The van der Waals surface area contributed by atoms with E-state index in [0.717, 1.165) is 6.04 Å². The van der Waals surface area contributed by atoms with E-state index in [9.17, 15) is 0 Å². The van der Waals surface area contributed by atoms with Crippen molar-refractivity contribution < 1.29 is 0 Å². The Morgan fingerprint density at radius 3 is 2.22 bits per heavy atom. The van der Waals surface area contributed by atoms with Crippen molar-refractivity contribution in [1.29, 1.82) is 0 Å². The number of hydrogen-bond acceptors (Lipinski definition) is 4. The second-order valence-electron chi connectivity index (χ2n) is 6.50. The molecule has 2 aliphatic rings. The maximum absolute atomic E-state index is 2.58. The van der Waals surface area contributed by atoms with Crippen molar-refractivity contribution in [1.82, 2.24) is 19.6 Å². The van der Waals surface area contributed by atoms with Gasteiger partial charge < -0.3 is 14.7 Å². The predicted octanol–water partition coefficient (Wildman–Crippen LogP) is 0.257. The number of nitrogens with zero attached hydrogens (tertiary/aromatic N) is 4. The Labute approximate surface area is 113 Å². The van der Waals surface area contributed by atoms with Crippen molar-refractivity contribution in [3.05, 3.63) is 0 Å². The number of piperazine rings is 1. The average molecular weight is 254 g/mol. The number of rotatable bonds is 2. The lowest BCUT2D eigenvalue weighted by molar-refractivity contribution is 0.0120. The first-order valence-corrected chi connectivity index (χ1v) is 7.24. The van der Waals surface area contributed by atoms with Gasteiger partial charge in [0.15, 0.2) is 0 Å². The monoisotopic (exact) mass is 254 g/mol. The fraction of sp³-hybridized carbons (Fsp3) is 1.00. The molecule has 2 rings (SSSR count). The molecule has 18 heavy (non-hydrogen) atoms. The largest absolute Gasteiger partial charge is 0.306 e. The summed E-state index contributed by atoms with van der Waals surface area (Å²) in [4.78, 5) is 10.0. The van der Waals surface area contributed by atoms with Crippen LogP contribution in [0.2, 0.25) is 0 Å². The second kappa shape index (κ2) is 5.87. The van der Waals surface area contributed by atoms with Gasteiger partial charge in [0.2, 0.25) is 0 Å². The lowest BCUT2D eigenvalue weighted by Gasteiger charge is -2.49. The van der Waals surface area contributed by atoms with Gasteiger partial charge in [0.1, 0.15) is 0 Å². The summed E-state index contributed by atoms with van der Waals surface area (Å²) >= 11 is 0. The van der Waals surface area contributed by atoms with Crippen LogP contribution in [0, 0.1) is 0 Å². The summed E-state index contributed by atoms with van der Waals surface area (Å²) in [7, 11) is 11.3. The maximum Gasteiger partial charge on any atom is 0.0376 e. The molecule has 0 radical (unpaired) electrons. The van der Waals surface area contributed by atoms with E-state index < -0.39 is 0 Å². The third-order valence-corrected chi connectivity index (χ3v) is 4.97. The van der Waals surface area contributed by atoms with Crippen LogP contribution in [-0.2, 0) is 0 Å². The zero-order chi connectivity index (χ0) is 13.3. The summed E-state index contributed by atoms with van der Waals surface area (Å²) in [6.07, 6.45) is 2.62. The van der Waals surface area contributed by atoms with Crippen molar-refractivity contribution in [3.63, 3.8) is 0 Å². The van der Waals surface area contributed by atoms with Gasteiger partial charge in [0, 0.05) is 37.8 Å². The van der Waals surface area contributed by atoms with E-state index in [0.29, 0.717) is 12.1 Å². The predicted molar refractivity (Wildman–Crippen MR) is 77.0 cm³/mol. The minimum atomic E-state index is 0.691. The Bertz CT molecular complexity index is 269. The van der Waals surface area contributed by atoms with Crippen LogP contribution < -0.4 is 0 Å². The Kier molecular flexibility index (Phi) is 4.64. The summed E-state index contributed by atoms with van der Waals surface area (Å²) in [5.74, 6) is 0. The van der Waals surface area contributed by atoms with E-state index in [2.05, 4.69) is 54.8 Å². The molecule has 0 bridgehead atoms. The quantitative estimate of drug-likeness (QED) is 0.701. The van der Waals surface area contributed by atoms with Crippen LogP contribution in [0.3, 0.4) is 0 Å². The molecule has 0 amide bonds. The molecule has 2 aliphatic heterocycles. The lowest BCUT2D eigenvalue weighted by atomic mass is 9.90. The Morgan fingerprint density at radius 2 is 1.56 bits per heavy atom. The van der Waals surface area contributed by atoms with Crippen molar-refractivity contribution in [3.8, 4) is 0 Å². The van der Waals surface area contributed by atoms with E-state index in [1.807, 2.05) is 0 Å². The van der Waals surface area contributed by atoms with Gasteiger partial charge in [-0.1, -0.05) is 0 Å². The van der Waals surface area contributed by atoms with Gasteiger partial charge in [0.25, 0.3) is 0 Å². The first kappa shape index (κ1) is 14.3. The first-order chi connectivity index (χ1) is 8.49. The molecule has 0 saturated carbocycles. The van der Waals surface area contributed by atoms with Crippen LogP contribution >= 0.6 is 0 Å². The number of piperidine rings is 1. The molecule has 4 heteroatoms. The molecule has 2 saturated heterocycles. The normalized spacial score (nSPS) is 37.3. The van der Waals surface area contributed by atoms with Gasteiger partial charge in [-0.05, 0) is 54.6 Å². The third-order valence-electron chi connectivity index (χ3n) is 4.97. The molecule has 3 atom stereocenters. The Balaban J connectivity index is 2.04. The Morgan fingerprint density at radius 1 is 0.889 bits per heavy atom. The highest BCUT2D eigenvalue weighted by Crippen LogP contribution is 2.25. The molecule has 2 fully saturated rings. The Hall–Kier alpha value is -0.160. The number of likely N-dealkylation sites (N-methyl/N-ethyl adjacent to an activating group) is 3. The molecule has 106 valence electrons. The van der Waals surface area contributed by atoms with Gasteiger partial charge in [-0.25, -0.2) is 0 Å². The van der Waals surface area contributed by atoms with Crippen LogP contribution in [-0.4, -0.2) is 99.1 Å². The van der Waals surface area contributed by atoms with Crippen molar-refractivity contribution in [2.75, 3.05) is 61.4 Å². The zero-order valence-electron chi connectivity index (χ0n) is 12.8. The maximum atomic E-state index is 2.58. The molecule has 0 spiro atoms. The summed E-state index contributed by atoms with van der Waals surface area (Å²) in [5.41, 5.74) is 0. The number of likely N-dealkylation sites (tertiary alicyclic amines) is 1. The molecule has 4 nitrogen and oxygen atoms in total. The summed E-state index contributed by atoms with van der Waals surface area (Å²) < 4.78 is 0. The molecule has 0 aliphatic carbocycles. The van der Waals surface area contributed by atoms with E-state index in [-0.39, 0.29) is 0 Å². The fourth-order valence-electron chi connectivity index (χ4n) is 3.47. The third kappa shape index (κ3) is 3.05. The van der Waals surface area contributed by atoms with Crippen LogP contribution in [0.4, 0.5) is 0 Å². The molecule has 0 aromatic carbocycles.